The zero-order valence-corrected chi connectivity index (χ0v) is 39.2. The number of unbranched alkanes of at least 4 members (excludes halogenated alkanes) is 24. The first-order chi connectivity index (χ1) is 30.3. The maximum Gasteiger partial charge on any atom is 0.135 e. The van der Waals surface area contributed by atoms with Gasteiger partial charge in [-0.15, -0.1) is 0 Å². The molecule has 61 heavy (non-hydrogen) atoms. The third-order valence-corrected chi connectivity index (χ3v) is 12.5. The minimum absolute atomic E-state index is 0.958. The number of allylic oxidation sites excluding steroid dienone is 4. The van der Waals surface area contributed by atoms with Crippen LogP contribution in [0.2, 0.25) is 0 Å². The molecular formula is C60H86O. The Balaban J connectivity index is 1.26. The highest BCUT2D eigenvalue weighted by atomic mass is 16.5. The van der Waals surface area contributed by atoms with Crippen LogP contribution in [0.4, 0.5) is 0 Å². The standard InChI is InChI=1S/C60H86O/c1-3-5-7-9-11-13-15-17-19-21-23-25-27-29-31-35-43-55-49-41-51-57(59(55)53-45-37-33-38-46-53)61-58-52-42-50-56(60(58)54-47-39-34-40-48-54)44-36-32-30-28-26-24-22-20-18-16-14-12-10-8-6-4-2/h17-20,33-34,37-42,45-52H,3-16,21-32,35-36,43-44H2,1-2H3/b19-17-,20-18-. The van der Waals surface area contributed by atoms with Gasteiger partial charge in [0.15, 0.2) is 0 Å². The first kappa shape index (κ1) is 49.8. The quantitative estimate of drug-likeness (QED) is 0.0328. The lowest BCUT2D eigenvalue weighted by Gasteiger charge is -2.20. The molecular weight excluding hydrogens is 737 g/mol. The fourth-order valence-corrected chi connectivity index (χ4v) is 8.85. The van der Waals surface area contributed by atoms with Crippen molar-refractivity contribution in [2.24, 2.45) is 0 Å². The molecule has 4 aromatic carbocycles. The van der Waals surface area contributed by atoms with Crippen LogP contribution in [0.15, 0.2) is 121 Å². The summed E-state index contributed by atoms with van der Waals surface area (Å²) in [5.41, 5.74) is 7.74. The molecule has 0 N–H and O–H groups in total. The molecule has 0 aliphatic rings. The summed E-state index contributed by atoms with van der Waals surface area (Å²) in [6.07, 6.45) is 49.2. The van der Waals surface area contributed by atoms with Crippen molar-refractivity contribution in [3.63, 3.8) is 0 Å². The second kappa shape index (κ2) is 33.7. The maximum absolute atomic E-state index is 7.09. The normalized spacial score (nSPS) is 11.6. The molecule has 332 valence electrons. The van der Waals surface area contributed by atoms with Gasteiger partial charge in [-0.1, -0.05) is 239 Å². The van der Waals surface area contributed by atoms with Gasteiger partial charge in [0.05, 0.1) is 0 Å². The lowest BCUT2D eigenvalue weighted by molar-refractivity contribution is 0.484. The summed E-state index contributed by atoms with van der Waals surface area (Å²) in [7, 11) is 0. The highest BCUT2D eigenvalue weighted by Gasteiger charge is 2.17. The van der Waals surface area contributed by atoms with Crippen molar-refractivity contribution in [2.75, 3.05) is 0 Å². The molecule has 0 unspecified atom stereocenters. The van der Waals surface area contributed by atoms with Gasteiger partial charge in [0, 0.05) is 11.1 Å². The zero-order valence-electron chi connectivity index (χ0n) is 39.2. The van der Waals surface area contributed by atoms with Gasteiger partial charge in [0.25, 0.3) is 0 Å². The number of hydrogen-bond donors (Lipinski definition) is 0. The molecule has 0 aliphatic carbocycles. The molecule has 0 radical (unpaired) electrons. The number of aryl methyl sites for hydroxylation is 2. The first-order valence-corrected chi connectivity index (χ1v) is 25.6. The van der Waals surface area contributed by atoms with E-state index >= 15 is 0 Å². The monoisotopic (exact) mass is 823 g/mol. The van der Waals surface area contributed by atoms with Crippen molar-refractivity contribution < 1.29 is 4.74 Å². The lowest BCUT2D eigenvalue weighted by Crippen LogP contribution is -1.98. The Morgan fingerprint density at radius 3 is 0.967 bits per heavy atom. The van der Waals surface area contributed by atoms with Crippen molar-refractivity contribution in [1.82, 2.24) is 0 Å². The molecule has 0 aromatic heterocycles. The van der Waals surface area contributed by atoms with Crippen LogP contribution in [0.1, 0.15) is 205 Å². The van der Waals surface area contributed by atoms with E-state index in [1.165, 1.54) is 213 Å². The Bertz CT molecular complexity index is 1570. The minimum atomic E-state index is 0.958. The Kier molecular flexibility index (Phi) is 27.6. The van der Waals surface area contributed by atoms with Gasteiger partial charge in [-0.3, -0.25) is 0 Å². The Labute approximate surface area is 375 Å². The average Bonchev–Trinajstić information content (AvgIpc) is 3.29. The summed E-state index contributed by atoms with van der Waals surface area (Å²) in [5, 5.41) is 0. The van der Waals surface area contributed by atoms with E-state index in [2.05, 4.69) is 135 Å². The number of rotatable bonds is 36. The predicted molar refractivity (Wildman–Crippen MR) is 270 cm³/mol. The summed E-state index contributed by atoms with van der Waals surface area (Å²) in [4.78, 5) is 0. The van der Waals surface area contributed by atoms with Crippen LogP contribution in [0.25, 0.3) is 22.3 Å². The topological polar surface area (TPSA) is 9.23 Å². The molecule has 0 heterocycles. The SMILES string of the molecule is CCCCCCCC/C=C\CCCCCCCCc1cccc(Oc2cccc(CCCCCCCC/C=C\CCCCCCCC)c2-c2ccccc2)c1-c1ccccc1. The minimum Gasteiger partial charge on any atom is -0.456 e. The number of hydrogen-bond acceptors (Lipinski definition) is 1. The van der Waals surface area contributed by atoms with Crippen LogP contribution >= 0.6 is 0 Å². The predicted octanol–water partition coefficient (Wildman–Crippen LogP) is 20.0. The van der Waals surface area contributed by atoms with Crippen LogP contribution in [0.5, 0.6) is 11.5 Å². The van der Waals surface area contributed by atoms with E-state index in [4.69, 9.17) is 4.74 Å². The number of benzene rings is 4. The van der Waals surface area contributed by atoms with Gasteiger partial charge >= 0.3 is 0 Å². The van der Waals surface area contributed by atoms with E-state index in [-0.39, 0.29) is 0 Å². The fraction of sp³-hybridized carbons (Fsp3) is 0.533. The van der Waals surface area contributed by atoms with Gasteiger partial charge in [-0.2, -0.15) is 0 Å². The molecule has 4 aromatic rings. The lowest BCUT2D eigenvalue weighted by atomic mass is 9.93. The number of ether oxygens (including phenoxy) is 1. The van der Waals surface area contributed by atoms with Crippen molar-refractivity contribution >= 4 is 0 Å². The van der Waals surface area contributed by atoms with E-state index in [0.717, 1.165) is 24.3 Å². The summed E-state index contributed by atoms with van der Waals surface area (Å²) in [5.74, 6) is 1.92. The molecule has 0 fully saturated rings. The van der Waals surface area contributed by atoms with Crippen LogP contribution in [-0.4, -0.2) is 0 Å². The molecule has 1 nitrogen and oxygen atoms in total. The molecule has 0 atom stereocenters. The zero-order chi connectivity index (χ0) is 42.7. The van der Waals surface area contributed by atoms with Crippen molar-refractivity contribution in [1.29, 1.82) is 0 Å². The summed E-state index contributed by atoms with van der Waals surface area (Å²) in [6.45, 7) is 4.59. The molecule has 0 aliphatic heterocycles. The van der Waals surface area contributed by atoms with Gasteiger partial charge in [0.1, 0.15) is 11.5 Å². The average molecular weight is 823 g/mol. The van der Waals surface area contributed by atoms with E-state index in [0.29, 0.717) is 0 Å². The molecule has 0 amide bonds. The Hall–Kier alpha value is -3.84. The summed E-state index contributed by atoms with van der Waals surface area (Å²) < 4.78 is 7.09. The van der Waals surface area contributed by atoms with Gasteiger partial charge in [-0.25, -0.2) is 0 Å². The highest BCUT2D eigenvalue weighted by Crippen LogP contribution is 2.42. The van der Waals surface area contributed by atoms with Crippen molar-refractivity contribution in [3.05, 3.63) is 132 Å². The molecule has 4 rings (SSSR count). The van der Waals surface area contributed by atoms with Crippen LogP contribution in [0.3, 0.4) is 0 Å². The molecule has 0 saturated heterocycles. The largest absolute Gasteiger partial charge is 0.456 e. The Morgan fingerprint density at radius 1 is 0.311 bits per heavy atom. The molecule has 0 saturated carbocycles. The molecule has 1 heteroatoms. The third kappa shape index (κ3) is 21.2. The van der Waals surface area contributed by atoms with Crippen LogP contribution in [-0.2, 0) is 12.8 Å². The van der Waals surface area contributed by atoms with Gasteiger partial charge in [-0.05, 0) is 111 Å². The summed E-state index contributed by atoms with van der Waals surface area (Å²) >= 11 is 0. The van der Waals surface area contributed by atoms with Crippen LogP contribution < -0.4 is 4.74 Å². The highest BCUT2D eigenvalue weighted by molar-refractivity contribution is 5.78. The molecule has 0 spiro atoms. The van der Waals surface area contributed by atoms with E-state index in [1.54, 1.807) is 0 Å². The van der Waals surface area contributed by atoms with Crippen LogP contribution in [0, 0.1) is 0 Å². The summed E-state index contributed by atoms with van der Waals surface area (Å²) in [6, 6.07) is 35.3. The molecule has 0 bridgehead atoms. The second-order valence-corrected chi connectivity index (χ2v) is 17.8. The van der Waals surface area contributed by atoms with E-state index in [1.807, 2.05) is 0 Å². The first-order valence-electron chi connectivity index (χ1n) is 25.6. The van der Waals surface area contributed by atoms with Crippen molar-refractivity contribution in [2.45, 2.75) is 206 Å². The third-order valence-electron chi connectivity index (χ3n) is 12.5. The van der Waals surface area contributed by atoms with E-state index < -0.39 is 0 Å². The van der Waals surface area contributed by atoms with Gasteiger partial charge < -0.3 is 4.74 Å². The Morgan fingerprint density at radius 2 is 0.623 bits per heavy atom. The maximum atomic E-state index is 7.09. The fourth-order valence-electron chi connectivity index (χ4n) is 8.85. The second-order valence-electron chi connectivity index (χ2n) is 17.8. The smallest absolute Gasteiger partial charge is 0.135 e. The van der Waals surface area contributed by atoms with Gasteiger partial charge in [0.2, 0.25) is 0 Å². The van der Waals surface area contributed by atoms with Crippen molar-refractivity contribution in [3.8, 4) is 33.8 Å². The van der Waals surface area contributed by atoms with E-state index in [9.17, 15) is 0 Å².